The minimum Gasteiger partial charge on any atom is -0.294 e. The first-order valence-corrected chi connectivity index (χ1v) is 8.34. The smallest absolute Gasteiger partial charge is 0.166 e. The van der Waals surface area contributed by atoms with Crippen molar-refractivity contribution >= 4 is 5.78 Å². The highest BCUT2D eigenvalue weighted by molar-refractivity contribution is 5.97. The molecule has 2 aliphatic rings. The first kappa shape index (κ1) is 14.7. The van der Waals surface area contributed by atoms with Gasteiger partial charge in [0.25, 0.3) is 0 Å². The van der Waals surface area contributed by atoms with Gasteiger partial charge in [0.1, 0.15) is 5.82 Å². The normalized spacial score (nSPS) is 26.5. The van der Waals surface area contributed by atoms with Crippen molar-refractivity contribution in [2.75, 3.05) is 0 Å². The number of aryl methyl sites for hydroxylation is 1. The number of carbonyl (C=O) groups excluding carboxylic acids is 1. The van der Waals surface area contributed by atoms with Crippen LogP contribution in [0.15, 0.2) is 6.20 Å². The third kappa shape index (κ3) is 3.02. The fraction of sp³-hybridized carbons (Fsp3) is 0.722. The maximum Gasteiger partial charge on any atom is 0.166 e. The number of aromatic nitrogens is 2. The summed E-state index contributed by atoms with van der Waals surface area (Å²) in [7, 11) is 0. The molecule has 21 heavy (non-hydrogen) atoms. The van der Waals surface area contributed by atoms with Gasteiger partial charge in [-0.25, -0.2) is 9.97 Å². The first-order valence-electron chi connectivity index (χ1n) is 8.34. The molecule has 1 heterocycles. The Kier molecular flexibility index (Phi) is 3.85. The van der Waals surface area contributed by atoms with Gasteiger partial charge in [-0.05, 0) is 49.9 Å². The van der Waals surface area contributed by atoms with Crippen LogP contribution in [0.2, 0.25) is 0 Å². The summed E-state index contributed by atoms with van der Waals surface area (Å²) in [6.45, 7) is 7.04. The molecule has 0 atom stereocenters. The summed E-state index contributed by atoms with van der Waals surface area (Å²) in [6, 6.07) is 0. The minimum absolute atomic E-state index is 0.222. The van der Waals surface area contributed by atoms with Crippen LogP contribution >= 0.6 is 0 Å². The molecule has 3 nitrogen and oxygen atoms in total. The lowest BCUT2D eigenvalue weighted by molar-refractivity contribution is 0.0970. The van der Waals surface area contributed by atoms with Gasteiger partial charge in [0.15, 0.2) is 5.78 Å². The van der Waals surface area contributed by atoms with Gasteiger partial charge in [0, 0.05) is 18.5 Å². The van der Waals surface area contributed by atoms with Crippen molar-refractivity contribution in [3.8, 4) is 0 Å². The van der Waals surface area contributed by atoms with Gasteiger partial charge in [0.05, 0.1) is 11.3 Å². The van der Waals surface area contributed by atoms with Gasteiger partial charge >= 0.3 is 0 Å². The molecular formula is C18H26N2O. The molecular weight excluding hydrogens is 260 g/mol. The maximum atomic E-state index is 11.8. The molecule has 3 heteroatoms. The van der Waals surface area contributed by atoms with Crippen LogP contribution in [0.3, 0.4) is 0 Å². The summed E-state index contributed by atoms with van der Waals surface area (Å²) < 4.78 is 0. The third-order valence-corrected chi connectivity index (χ3v) is 5.32. The molecule has 3 rings (SSSR count). The number of ketones is 1. The lowest BCUT2D eigenvalue weighted by Gasteiger charge is -2.36. The molecule has 0 aromatic carbocycles. The Balaban J connectivity index is 1.73. The van der Waals surface area contributed by atoms with Crippen molar-refractivity contribution in [2.24, 2.45) is 11.3 Å². The van der Waals surface area contributed by atoms with Crippen LogP contribution < -0.4 is 0 Å². The molecule has 0 unspecified atom stereocenters. The summed E-state index contributed by atoms with van der Waals surface area (Å²) in [5.74, 6) is 2.51. The molecule has 1 aromatic rings. The minimum atomic E-state index is 0.222. The number of hydrogen-bond donors (Lipinski definition) is 0. The average Bonchev–Trinajstić information content (AvgIpc) is 2.46. The zero-order chi connectivity index (χ0) is 15.0. The Labute approximate surface area is 127 Å². The van der Waals surface area contributed by atoms with Crippen LogP contribution in [0.5, 0.6) is 0 Å². The summed E-state index contributed by atoms with van der Waals surface area (Å²) >= 11 is 0. The third-order valence-electron chi connectivity index (χ3n) is 5.32. The second kappa shape index (κ2) is 5.51. The van der Waals surface area contributed by atoms with Gasteiger partial charge < -0.3 is 0 Å². The SMILES string of the molecule is CC(C)(C)C1CCC(c2ncc3c(n2)CCCC3=O)CC1. The Morgan fingerprint density at radius 2 is 1.81 bits per heavy atom. The summed E-state index contributed by atoms with van der Waals surface area (Å²) in [6.07, 6.45) is 9.25. The zero-order valence-corrected chi connectivity index (χ0v) is 13.5. The highest BCUT2D eigenvalue weighted by Gasteiger charge is 2.31. The fourth-order valence-corrected chi connectivity index (χ4v) is 3.82. The lowest BCUT2D eigenvalue weighted by Crippen LogP contribution is -2.26. The number of hydrogen-bond acceptors (Lipinski definition) is 3. The highest BCUT2D eigenvalue weighted by atomic mass is 16.1. The van der Waals surface area contributed by atoms with Gasteiger partial charge in [-0.1, -0.05) is 20.8 Å². The monoisotopic (exact) mass is 286 g/mol. The van der Waals surface area contributed by atoms with E-state index in [1.807, 2.05) is 0 Å². The van der Waals surface area contributed by atoms with E-state index in [2.05, 4.69) is 25.8 Å². The molecule has 1 aromatic heterocycles. The molecule has 0 spiro atoms. The number of nitrogens with zero attached hydrogens (tertiary/aromatic N) is 2. The van der Waals surface area contributed by atoms with Crippen molar-refractivity contribution in [2.45, 2.75) is 71.6 Å². The second-order valence-electron chi connectivity index (χ2n) is 7.78. The van der Waals surface area contributed by atoms with Gasteiger partial charge in [-0.2, -0.15) is 0 Å². The molecule has 0 bridgehead atoms. The van der Waals surface area contributed by atoms with Gasteiger partial charge in [-0.3, -0.25) is 4.79 Å². The Morgan fingerprint density at radius 3 is 2.48 bits per heavy atom. The van der Waals surface area contributed by atoms with E-state index in [1.165, 1.54) is 25.7 Å². The molecule has 1 fully saturated rings. The van der Waals surface area contributed by atoms with E-state index in [1.54, 1.807) is 6.20 Å². The topological polar surface area (TPSA) is 42.9 Å². The zero-order valence-electron chi connectivity index (χ0n) is 13.5. The number of carbonyl (C=O) groups is 1. The van der Waals surface area contributed by atoms with Crippen LogP contribution in [0, 0.1) is 11.3 Å². The quantitative estimate of drug-likeness (QED) is 0.772. The molecule has 0 radical (unpaired) electrons. The predicted octanol–water partition coefficient (Wildman–Crippen LogP) is 4.32. The maximum absolute atomic E-state index is 11.8. The van der Waals surface area contributed by atoms with Gasteiger partial charge in [-0.15, -0.1) is 0 Å². The number of fused-ring (bicyclic) bond motifs is 1. The largest absolute Gasteiger partial charge is 0.294 e. The second-order valence-corrected chi connectivity index (χ2v) is 7.78. The van der Waals surface area contributed by atoms with Gasteiger partial charge in [0.2, 0.25) is 0 Å². The van der Waals surface area contributed by atoms with Crippen LogP contribution in [0.4, 0.5) is 0 Å². The van der Waals surface area contributed by atoms with E-state index in [-0.39, 0.29) is 5.78 Å². The number of rotatable bonds is 1. The Morgan fingerprint density at radius 1 is 1.10 bits per heavy atom. The fourth-order valence-electron chi connectivity index (χ4n) is 3.82. The Bertz CT molecular complexity index is 537. The van der Waals surface area contributed by atoms with Crippen LogP contribution in [-0.4, -0.2) is 15.8 Å². The lowest BCUT2D eigenvalue weighted by atomic mass is 9.69. The molecule has 114 valence electrons. The molecule has 0 N–H and O–H groups in total. The van der Waals surface area contributed by atoms with E-state index >= 15 is 0 Å². The Hall–Kier alpha value is -1.25. The van der Waals surface area contributed by atoms with Crippen molar-refractivity contribution in [1.82, 2.24) is 9.97 Å². The highest BCUT2D eigenvalue weighted by Crippen LogP contribution is 2.42. The van der Waals surface area contributed by atoms with E-state index < -0.39 is 0 Å². The first-order chi connectivity index (χ1) is 9.95. The molecule has 2 aliphatic carbocycles. The van der Waals surface area contributed by atoms with Crippen molar-refractivity contribution in [3.63, 3.8) is 0 Å². The van der Waals surface area contributed by atoms with Crippen molar-refractivity contribution < 1.29 is 4.79 Å². The molecule has 0 saturated heterocycles. The number of Topliss-reactive ketones (excluding diaryl/α,β-unsaturated/α-hetero) is 1. The van der Waals surface area contributed by atoms with Crippen molar-refractivity contribution in [1.29, 1.82) is 0 Å². The van der Waals surface area contributed by atoms with E-state index in [0.717, 1.165) is 35.8 Å². The summed E-state index contributed by atoms with van der Waals surface area (Å²) in [5, 5.41) is 0. The van der Waals surface area contributed by atoms with E-state index in [9.17, 15) is 4.79 Å². The predicted molar refractivity (Wildman–Crippen MR) is 83.5 cm³/mol. The standard InChI is InChI=1S/C18H26N2O/c1-18(2,3)13-9-7-12(8-10-13)17-19-11-14-15(20-17)5-4-6-16(14)21/h11-13H,4-10H2,1-3H3. The van der Waals surface area contributed by atoms with Crippen LogP contribution in [0.1, 0.15) is 87.1 Å². The molecule has 1 saturated carbocycles. The summed E-state index contributed by atoms with van der Waals surface area (Å²) in [4.78, 5) is 21.1. The average molecular weight is 286 g/mol. The van der Waals surface area contributed by atoms with E-state index in [4.69, 9.17) is 4.98 Å². The molecule has 0 amide bonds. The van der Waals surface area contributed by atoms with E-state index in [0.29, 0.717) is 17.8 Å². The van der Waals surface area contributed by atoms with Crippen LogP contribution in [0.25, 0.3) is 0 Å². The van der Waals surface area contributed by atoms with Crippen LogP contribution in [-0.2, 0) is 6.42 Å². The summed E-state index contributed by atoms with van der Waals surface area (Å²) in [5.41, 5.74) is 2.18. The molecule has 0 aliphatic heterocycles. The van der Waals surface area contributed by atoms with Crippen molar-refractivity contribution in [3.05, 3.63) is 23.3 Å².